The molecule has 0 aromatic heterocycles. The van der Waals surface area contributed by atoms with Crippen LogP contribution in [0, 0.1) is 0 Å². The molecule has 2 amide bonds. The number of carbonyl (C=O) groups is 2. The van der Waals surface area contributed by atoms with Crippen molar-refractivity contribution in [3.8, 4) is 5.75 Å². The van der Waals surface area contributed by atoms with Crippen molar-refractivity contribution in [1.29, 1.82) is 0 Å². The lowest BCUT2D eigenvalue weighted by molar-refractivity contribution is -0.139. The first-order chi connectivity index (χ1) is 19.6. The number of rotatable bonds is 11. The third kappa shape index (κ3) is 7.33. The highest BCUT2D eigenvalue weighted by molar-refractivity contribution is 7.92. The number of sulfonamides is 1. The molecular weight excluding hydrogens is 585 g/mol. The first-order valence-corrected chi connectivity index (χ1v) is 15.6. The largest absolute Gasteiger partial charge is 0.495 e. The van der Waals surface area contributed by atoms with Crippen molar-refractivity contribution in [2.24, 2.45) is 0 Å². The molecule has 0 unspecified atom stereocenters. The van der Waals surface area contributed by atoms with Crippen LogP contribution in [0.4, 0.5) is 5.69 Å². The van der Waals surface area contributed by atoms with Crippen molar-refractivity contribution in [1.82, 2.24) is 10.2 Å². The number of methoxy groups -OCH3 is 1. The predicted molar refractivity (Wildman–Crippen MR) is 161 cm³/mol. The molecule has 0 saturated heterocycles. The maximum absolute atomic E-state index is 14.1. The molecule has 1 fully saturated rings. The Hall–Kier alpha value is -3.27. The normalized spacial score (nSPS) is 14.3. The maximum Gasteiger partial charge on any atom is 0.264 e. The van der Waals surface area contributed by atoms with Gasteiger partial charge in [-0.15, -0.1) is 0 Å². The summed E-state index contributed by atoms with van der Waals surface area (Å²) >= 11 is 12.8. The minimum Gasteiger partial charge on any atom is -0.495 e. The Morgan fingerprint density at radius 1 is 0.976 bits per heavy atom. The number of anilines is 1. The monoisotopic (exact) mass is 617 g/mol. The summed E-state index contributed by atoms with van der Waals surface area (Å²) in [6, 6.07) is 18.5. The summed E-state index contributed by atoms with van der Waals surface area (Å²) < 4.78 is 34.0. The summed E-state index contributed by atoms with van der Waals surface area (Å²) in [5.74, 6) is -0.524. The highest BCUT2D eigenvalue weighted by Gasteiger charge is 2.33. The second kappa shape index (κ2) is 13.6. The number of carbonyl (C=O) groups excluding carboxylic acids is 2. The first-order valence-electron chi connectivity index (χ1n) is 13.4. The Morgan fingerprint density at radius 3 is 2.27 bits per heavy atom. The zero-order chi connectivity index (χ0) is 29.6. The van der Waals surface area contributed by atoms with Crippen LogP contribution >= 0.6 is 23.2 Å². The lowest BCUT2D eigenvalue weighted by Crippen LogP contribution is -2.52. The molecule has 0 bridgehead atoms. The van der Waals surface area contributed by atoms with E-state index in [1.165, 1.54) is 42.3 Å². The Bertz CT molecular complexity index is 1480. The third-order valence-corrected chi connectivity index (χ3v) is 9.65. The number of ether oxygens (including phenoxy) is 1. The molecule has 1 N–H and O–H groups in total. The second-order valence-corrected chi connectivity index (χ2v) is 12.6. The van der Waals surface area contributed by atoms with Gasteiger partial charge in [-0.3, -0.25) is 13.9 Å². The van der Waals surface area contributed by atoms with Crippen LogP contribution < -0.4 is 14.4 Å². The fourth-order valence-corrected chi connectivity index (χ4v) is 6.72. The van der Waals surface area contributed by atoms with Crippen molar-refractivity contribution in [2.45, 2.75) is 56.1 Å². The molecule has 218 valence electrons. The van der Waals surface area contributed by atoms with Crippen molar-refractivity contribution in [3.63, 3.8) is 0 Å². The van der Waals surface area contributed by atoms with Gasteiger partial charge in [-0.1, -0.05) is 72.4 Å². The summed E-state index contributed by atoms with van der Waals surface area (Å²) in [5, 5.41) is 3.66. The molecule has 8 nitrogen and oxygen atoms in total. The third-order valence-electron chi connectivity index (χ3n) is 7.20. The van der Waals surface area contributed by atoms with E-state index in [-0.39, 0.29) is 34.1 Å². The molecule has 11 heteroatoms. The lowest BCUT2D eigenvalue weighted by atomic mass is 10.1. The Balaban J connectivity index is 1.71. The van der Waals surface area contributed by atoms with Gasteiger partial charge >= 0.3 is 0 Å². The van der Waals surface area contributed by atoms with Crippen LogP contribution in [-0.4, -0.2) is 50.9 Å². The number of hydrogen-bond acceptors (Lipinski definition) is 5. The van der Waals surface area contributed by atoms with Gasteiger partial charge in [0.25, 0.3) is 10.0 Å². The lowest BCUT2D eigenvalue weighted by Gasteiger charge is -2.32. The highest BCUT2D eigenvalue weighted by Crippen LogP contribution is 2.32. The molecule has 3 aromatic rings. The van der Waals surface area contributed by atoms with E-state index in [1.54, 1.807) is 49.4 Å². The fourth-order valence-electron chi connectivity index (χ4n) is 4.84. The Labute approximate surface area is 251 Å². The predicted octanol–water partition coefficient (Wildman–Crippen LogP) is 5.67. The van der Waals surface area contributed by atoms with Gasteiger partial charge in [-0.05, 0) is 61.7 Å². The number of amides is 2. The zero-order valence-corrected chi connectivity index (χ0v) is 25.3. The SMILES string of the molecule is COc1ccc(N(CC(=O)N(Cc2ccccc2Cl)[C@@H](C)C(=O)NC2CCCC2)S(=O)(=O)c2ccccc2)cc1Cl. The van der Waals surface area contributed by atoms with E-state index in [0.717, 1.165) is 30.0 Å². The highest BCUT2D eigenvalue weighted by atomic mass is 35.5. The van der Waals surface area contributed by atoms with Crippen LogP contribution in [0.1, 0.15) is 38.2 Å². The molecule has 1 aliphatic rings. The van der Waals surface area contributed by atoms with Gasteiger partial charge in [-0.2, -0.15) is 0 Å². The van der Waals surface area contributed by atoms with E-state index in [1.807, 2.05) is 0 Å². The van der Waals surface area contributed by atoms with Gasteiger partial charge in [0, 0.05) is 17.6 Å². The van der Waals surface area contributed by atoms with Gasteiger partial charge in [0.2, 0.25) is 11.8 Å². The average Bonchev–Trinajstić information content (AvgIpc) is 3.48. The van der Waals surface area contributed by atoms with Crippen molar-refractivity contribution < 1.29 is 22.7 Å². The number of nitrogens with zero attached hydrogens (tertiary/aromatic N) is 2. The van der Waals surface area contributed by atoms with E-state index in [4.69, 9.17) is 27.9 Å². The molecule has 0 radical (unpaired) electrons. The van der Waals surface area contributed by atoms with Crippen LogP contribution in [0.15, 0.2) is 77.7 Å². The van der Waals surface area contributed by atoms with Crippen LogP contribution in [0.5, 0.6) is 5.75 Å². The smallest absolute Gasteiger partial charge is 0.264 e. The van der Waals surface area contributed by atoms with E-state index < -0.39 is 28.5 Å². The summed E-state index contributed by atoms with van der Waals surface area (Å²) in [6.07, 6.45) is 3.85. The van der Waals surface area contributed by atoms with Gasteiger partial charge < -0.3 is 15.0 Å². The Kier molecular flexibility index (Phi) is 10.2. The minimum atomic E-state index is -4.20. The van der Waals surface area contributed by atoms with Crippen LogP contribution in [0.25, 0.3) is 0 Å². The van der Waals surface area contributed by atoms with Gasteiger partial charge in [0.05, 0.1) is 22.7 Å². The minimum absolute atomic E-state index is 0.00409. The topological polar surface area (TPSA) is 96.0 Å². The van der Waals surface area contributed by atoms with E-state index in [0.29, 0.717) is 16.3 Å². The average molecular weight is 619 g/mol. The van der Waals surface area contributed by atoms with Gasteiger partial charge in [0.1, 0.15) is 18.3 Å². The first kappa shape index (κ1) is 30.7. The quantitative estimate of drug-likeness (QED) is 0.299. The number of benzene rings is 3. The Morgan fingerprint density at radius 2 is 1.63 bits per heavy atom. The van der Waals surface area contributed by atoms with E-state index in [9.17, 15) is 18.0 Å². The molecule has 1 atom stereocenters. The van der Waals surface area contributed by atoms with Crippen molar-refractivity contribution >= 4 is 50.7 Å². The molecule has 0 heterocycles. The molecular formula is C30H33Cl2N3O5S. The second-order valence-electron chi connectivity index (χ2n) is 9.92. The maximum atomic E-state index is 14.1. The van der Waals surface area contributed by atoms with E-state index in [2.05, 4.69) is 5.32 Å². The van der Waals surface area contributed by atoms with Gasteiger partial charge in [0.15, 0.2) is 0 Å². The molecule has 0 aliphatic heterocycles. The molecule has 1 saturated carbocycles. The standard InChI is InChI=1S/C30H33Cl2N3O5S/c1-21(30(37)33-23-11-7-8-12-23)34(19-22-10-6-9-15-26(22)31)29(36)20-35(24-16-17-28(40-2)27(32)18-24)41(38,39)25-13-4-3-5-14-25/h3-6,9-10,13-18,21,23H,7-8,11-12,19-20H2,1-2H3,(H,33,37)/t21-/m0/s1. The zero-order valence-electron chi connectivity index (χ0n) is 22.9. The molecule has 41 heavy (non-hydrogen) atoms. The van der Waals surface area contributed by atoms with Crippen LogP contribution in [-0.2, 0) is 26.2 Å². The molecule has 3 aromatic carbocycles. The summed E-state index contributed by atoms with van der Waals surface area (Å²) in [6.45, 7) is 1.07. The molecule has 1 aliphatic carbocycles. The summed E-state index contributed by atoms with van der Waals surface area (Å²) in [4.78, 5) is 28.7. The number of hydrogen-bond donors (Lipinski definition) is 1. The molecule has 4 rings (SSSR count). The van der Waals surface area contributed by atoms with Crippen LogP contribution in [0.2, 0.25) is 10.0 Å². The fraction of sp³-hybridized carbons (Fsp3) is 0.333. The van der Waals surface area contributed by atoms with Gasteiger partial charge in [-0.25, -0.2) is 8.42 Å². The van der Waals surface area contributed by atoms with Crippen molar-refractivity contribution in [3.05, 3.63) is 88.4 Å². The molecule has 0 spiro atoms. The van der Waals surface area contributed by atoms with Crippen molar-refractivity contribution in [2.75, 3.05) is 18.0 Å². The summed E-state index contributed by atoms with van der Waals surface area (Å²) in [5.41, 5.74) is 0.807. The van der Waals surface area contributed by atoms with Crippen LogP contribution in [0.3, 0.4) is 0 Å². The summed E-state index contributed by atoms with van der Waals surface area (Å²) in [7, 11) is -2.75. The number of nitrogens with one attached hydrogen (secondary N) is 1. The number of halogens is 2. The van der Waals surface area contributed by atoms with E-state index >= 15 is 0 Å².